The van der Waals surface area contributed by atoms with Crippen LogP contribution in [0.3, 0.4) is 0 Å². The highest BCUT2D eigenvalue weighted by Crippen LogP contribution is 2.36. The molecule has 1 heterocycles. The summed E-state index contributed by atoms with van der Waals surface area (Å²) in [5.41, 5.74) is 4.26. The predicted molar refractivity (Wildman–Crippen MR) is 117 cm³/mol. The van der Waals surface area contributed by atoms with Gasteiger partial charge in [-0.25, -0.2) is 9.78 Å². The van der Waals surface area contributed by atoms with E-state index in [4.69, 9.17) is 25.8 Å². The fourth-order valence-electron chi connectivity index (χ4n) is 2.37. The van der Waals surface area contributed by atoms with Crippen LogP contribution in [0, 0.1) is 5.92 Å². The van der Waals surface area contributed by atoms with E-state index in [0.717, 1.165) is 5.56 Å². The van der Waals surface area contributed by atoms with Crippen molar-refractivity contribution in [3.63, 3.8) is 0 Å². The van der Waals surface area contributed by atoms with Crippen LogP contribution < -0.4 is 14.9 Å². The Morgan fingerprint density at radius 1 is 1.34 bits per heavy atom. The second kappa shape index (κ2) is 11.0. The second-order valence-corrected chi connectivity index (χ2v) is 7.88. The van der Waals surface area contributed by atoms with Crippen LogP contribution in [0.25, 0.3) is 0 Å². The van der Waals surface area contributed by atoms with Gasteiger partial charge in [0.1, 0.15) is 4.88 Å². The molecule has 1 aromatic carbocycles. The van der Waals surface area contributed by atoms with Crippen molar-refractivity contribution in [2.24, 2.45) is 11.0 Å². The maximum Gasteiger partial charge on any atom is 0.350 e. The van der Waals surface area contributed by atoms with E-state index in [1.54, 1.807) is 12.3 Å². The van der Waals surface area contributed by atoms with E-state index in [-0.39, 0.29) is 0 Å². The molecule has 29 heavy (non-hydrogen) atoms. The minimum absolute atomic E-state index is 0.368. The van der Waals surface area contributed by atoms with Crippen LogP contribution in [0.5, 0.6) is 11.5 Å². The van der Waals surface area contributed by atoms with Crippen molar-refractivity contribution in [3.05, 3.63) is 33.3 Å². The summed E-state index contributed by atoms with van der Waals surface area (Å²) >= 11 is 7.59. The van der Waals surface area contributed by atoms with Gasteiger partial charge in [-0.15, -0.1) is 0 Å². The number of aromatic nitrogens is 1. The molecule has 0 saturated heterocycles. The smallest absolute Gasteiger partial charge is 0.350 e. The highest BCUT2D eigenvalue weighted by molar-refractivity contribution is 7.17. The van der Waals surface area contributed by atoms with Gasteiger partial charge in [0.05, 0.1) is 37.3 Å². The molecule has 7 nitrogen and oxygen atoms in total. The van der Waals surface area contributed by atoms with Gasteiger partial charge in [-0.1, -0.05) is 43.7 Å². The number of hydrogen-bond acceptors (Lipinski definition) is 8. The van der Waals surface area contributed by atoms with Gasteiger partial charge in [-0.3, -0.25) is 5.43 Å². The molecule has 0 unspecified atom stereocenters. The number of benzene rings is 1. The van der Waals surface area contributed by atoms with Crippen LogP contribution in [-0.2, 0) is 11.2 Å². The molecule has 2 aromatic rings. The largest absolute Gasteiger partial charge is 0.490 e. The lowest BCUT2D eigenvalue weighted by Crippen LogP contribution is -2.07. The molecule has 0 spiro atoms. The summed E-state index contributed by atoms with van der Waals surface area (Å²) in [6.45, 7) is 8.98. The Morgan fingerprint density at radius 2 is 2.10 bits per heavy atom. The number of ether oxygens (including phenoxy) is 3. The van der Waals surface area contributed by atoms with Gasteiger partial charge < -0.3 is 14.2 Å². The van der Waals surface area contributed by atoms with Crippen LogP contribution in [0.15, 0.2) is 17.2 Å². The van der Waals surface area contributed by atoms with Crippen molar-refractivity contribution < 1.29 is 19.0 Å². The molecule has 2 rings (SSSR count). The maximum atomic E-state index is 11.8. The van der Waals surface area contributed by atoms with Gasteiger partial charge in [0.2, 0.25) is 5.13 Å². The van der Waals surface area contributed by atoms with Crippen molar-refractivity contribution in [3.8, 4) is 11.5 Å². The molecular formula is C20H26ClN3O4S. The van der Waals surface area contributed by atoms with E-state index >= 15 is 0 Å². The lowest BCUT2D eigenvalue weighted by Gasteiger charge is -2.15. The number of halogens is 1. The molecule has 0 radical (unpaired) electrons. The molecule has 0 aliphatic rings. The number of carbonyl (C=O) groups is 1. The summed E-state index contributed by atoms with van der Waals surface area (Å²) in [6.07, 6.45) is 2.23. The summed E-state index contributed by atoms with van der Waals surface area (Å²) in [7, 11) is 1.35. The zero-order chi connectivity index (χ0) is 21.4. The minimum Gasteiger partial charge on any atom is -0.490 e. The standard InChI is InChI=1S/C20H26ClN3O4S/c1-6-15-18(19(25)26-5)29-20(23-15)24-22-10-13-8-14(21)17(28-11-12(3)4)16(9-13)27-7-2/h8-10,12H,6-7,11H2,1-5H3,(H,23,24)/b22-10-. The van der Waals surface area contributed by atoms with E-state index in [1.807, 2.05) is 19.9 Å². The van der Waals surface area contributed by atoms with Crippen LogP contribution >= 0.6 is 22.9 Å². The number of nitrogens with one attached hydrogen (secondary N) is 1. The first-order valence-electron chi connectivity index (χ1n) is 9.35. The fourth-order valence-corrected chi connectivity index (χ4v) is 3.56. The van der Waals surface area contributed by atoms with Crippen LogP contribution in [-0.4, -0.2) is 37.5 Å². The number of methoxy groups -OCH3 is 1. The molecule has 9 heteroatoms. The van der Waals surface area contributed by atoms with E-state index in [1.165, 1.54) is 18.4 Å². The summed E-state index contributed by atoms with van der Waals surface area (Å²) in [5.74, 6) is 1.06. The predicted octanol–water partition coefficient (Wildman–Crippen LogP) is 5.03. The lowest BCUT2D eigenvalue weighted by atomic mass is 10.2. The zero-order valence-corrected chi connectivity index (χ0v) is 18.8. The normalized spacial score (nSPS) is 11.1. The highest BCUT2D eigenvalue weighted by Gasteiger charge is 2.17. The van der Waals surface area contributed by atoms with Gasteiger partial charge in [0, 0.05) is 0 Å². The van der Waals surface area contributed by atoms with Gasteiger partial charge in [-0.05, 0) is 37.0 Å². The van der Waals surface area contributed by atoms with Crippen LogP contribution in [0.2, 0.25) is 5.02 Å². The zero-order valence-electron chi connectivity index (χ0n) is 17.2. The summed E-state index contributed by atoms with van der Waals surface area (Å²) in [4.78, 5) is 16.7. The fraction of sp³-hybridized carbons (Fsp3) is 0.450. The van der Waals surface area contributed by atoms with E-state index in [9.17, 15) is 4.79 Å². The van der Waals surface area contributed by atoms with Crippen LogP contribution in [0.1, 0.15) is 48.6 Å². The number of rotatable bonds is 10. The average Bonchev–Trinajstić information content (AvgIpc) is 3.10. The third-order valence-electron chi connectivity index (χ3n) is 3.67. The van der Waals surface area contributed by atoms with Crippen LogP contribution in [0.4, 0.5) is 5.13 Å². The SMILES string of the molecule is CCOc1cc(/C=N\Nc2nc(CC)c(C(=O)OC)s2)cc(Cl)c1OCC(C)C. The molecule has 0 atom stereocenters. The summed E-state index contributed by atoms with van der Waals surface area (Å²) < 4.78 is 16.3. The summed E-state index contributed by atoms with van der Waals surface area (Å²) in [5, 5.41) is 5.16. The minimum atomic E-state index is -0.401. The molecule has 0 fully saturated rings. The number of aryl methyl sites for hydroxylation is 1. The number of thiazole rings is 1. The van der Waals surface area contributed by atoms with Crippen molar-refractivity contribution in [2.45, 2.75) is 34.1 Å². The topological polar surface area (TPSA) is 82.0 Å². The number of esters is 1. The Bertz CT molecular complexity index is 868. The highest BCUT2D eigenvalue weighted by atomic mass is 35.5. The molecule has 0 bridgehead atoms. The Balaban J connectivity index is 2.18. The molecule has 0 saturated carbocycles. The number of hydrazone groups is 1. The quantitative estimate of drug-likeness (QED) is 0.318. The average molecular weight is 440 g/mol. The molecule has 1 aromatic heterocycles. The molecule has 0 aliphatic heterocycles. The van der Waals surface area contributed by atoms with Crippen molar-refractivity contribution in [1.82, 2.24) is 4.98 Å². The van der Waals surface area contributed by atoms with Gasteiger partial charge in [0.25, 0.3) is 0 Å². The Morgan fingerprint density at radius 3 is 2.72 bits per heavy atom. The lowest BCUT2D eigenvalue weighted by molar-refractivity contribution is 0.0605. The van der Waals surface area contributed by atoms with Crippen molar-refractivity contribution in [2.75, 3.05) is 25.7 Å². The molecular weight excluding hydrogens is 414 g/mol. The first-order chi connectivity index (χ1) is 13.9. The first kappa shape index (κ1) is 23.0. The molecule has 0 aliphatic carbocycles. The van der Waals surface area contributed by atoms with Crippen molar-refractivity contribution in [1.29, 1.82) is 0 Å². The van der Waals surface area contributed by atoms with Gasteiger partial charge >= 0.3 is 5.97 Å². The maximum absolute atomic E-state index is 11.8. The third kappa shape index (κ3) is 6.33. The van der Waals surface area contributed by atoms with Gasteiger partial charge in [0.15, 0.2) is 11.5 Å². The molecule has 158 valence electrons. The number of carbonyl (C=O) groups excluding carboxylic acids is 1. The van der Waals surface area contributed by atoms with E-state index in [0.29, 0.717) is 57.8 Å². The van der Waals surface area contributed by atoms with E-state index in [2.05, 4.69) is 29.4 Å². The van der Waals surface area contributed by atoms with Gasteiger partial charge in [-0.2, -0.15) is 5.10 Å². The second-order valence-electron chi connectivity index (χ2n) is 6.48. The summed E-state index contributed by atoms with van der Waals surface area (Å²) in [6, 6.07) is 3.57. The Hall–Kier alpha value is -2.32. The first-order valence-corrected chi connectivity index (χ1v) is 10.5. The van der Waals surface area contributed by atoms with Crippen molar-refractivity contribution >= 4 is 40.3 Å². The Labute approximate surface area is 180 Å². The Kier molecular flexibility index (Phi) is 8.72. The monoisotopic (exact) mass is 439 g/mol. The molecule has 1 N–H and O–H groups in total. The number of anilines is 1. The number of nitrogens with zero attached hydrogens (tertiary/aromatic N) is 2. The molecule has 0 amide bonds. The number of hydrogen-bond donors (Lipinski definition) is 1. The third-order valence-corrected chi connectivity index (χ3v) is 4.93. The van der Waals surface area contributed by atoms with E-state index < -0.39 is 5.97 Å².